The summed E-state index contributed by atoms with van der Waals surface area (Å²) in [7, 11) is 3.95. The fraction of sp³-hybridized carbons (Fsp3) is 0.471. The third-order valence-electron chi connectivity index (χ3n) is 4.30. The SMILES string of the molecule is CNC1CCCCC1.Cn1cc(-c2cn3nccc3cn2)cn1. The van der Waals surface area contributed by atoms with Crippen molar-refractivity contribution in [2.45, 2.75) is 38.1 Å². The van der Waals surface area contributed by atoms with Gasteiger partial charge in [0.15, 0.2) is 0 Å². The molecule has 122 valence electrons. The van der Waals surface area contributed by atoms with Crippen LogP contribution in [0.25, 0.3) is 16.8 Å². The first kappa shape index (κ1) is 15.7. The van der Waals surface area contributed by atoms with Crippen molar-refractivity contribution in [3.05, 3.63) is 37.1 Å². The van der Waals surface area contributed by atoms with Gasteiger partial charge in [-0.15, -0.1) is 0 Å². The number of nitrogens with one attached hydrogen (secondary N) is 1. The Labute approximate surface area is 136 Å². The molecule has 0 amide bonds. The topological polar surface area (TPSA) is 60.0 Å². The second-order valence-electron chi connectivity index (χ2n) is 6.00. The van der Waals surface area contributed by atoms with E-state index in [0.29, 0.717) is 0 Å². The smallest absolute Gasteiger partial charge is 0.0917 e. The molecule has 6 nitrogen and oxygen atoms in total. The Bertz CT molecular complexity index is 738. The molecule has 1 aliphatic rings. The largest absolute Gasteiger partial charge is 0.317 e. The quantitative estimate of drug-likeness (QED) is 0.790. The van der Waals surface area contributed by atoms with Gasteiger partial charge in [-0.3, -0.25) is 9.67 Å². The summed E-state index contributed by atoms with van der Waals surface area (Å²) in [6, 6.07) is 2.75. The molecule has 0 saturated heterocycles. The fourth-order valence-corrected chi connectivity index (χ4v) is 2.91. The van der Waals surface area contributed by atoms with Crippen LogP contribution in [0.4, 0.5) is 0 Å². The molecule has 0 aliphatic heterocycles. The van der Waals surface area contributed by atoms with Crippen LogP contribution in [0.5, 0.6) is 0 Å². The number of nitrogens with zero attached hydrogens (tertiary/aromatic N) is 5. The van der Waals surface area contributed by atoms with E-state index in [4.69, 9.17) is 0 Å². The van der Waals surface area contributed by atoms with Gasteiger partial charge in [0, 0.05) is 24.8 Å². The van der Waals surface area contributed by atoms with E-state index in [1.165, 1.54) is 32.1 Å². The Kier molecular flexibility index (Phi) is 5.02. The molecule has 0 unspecified atom stereocenters. The molecule has 1 fully saturated rings. The van der Waals surface area contributed by atoms with Crippen molar-refractivity contribution in [3.63, 3.8) is 0 Å². The summed E-state index contributed by atoms with van der Waals surface area (Å²) in [6.07, 6.45) is 16.3. The summed E-state index contributed by atoms with van der Waals surface area (Å²) in [5.41, 5.74) is 2.86. The van der Waals surface area contributed by atoms with Crippen LogP contribution in [-0.4, -0.2) is 37.5 Å². The zero-order chi connectivity index (χ0) is 16.1. The van der Waals surface area contributed by atoms with Gasteiger partial charge in [-0.2, -0.15) is 10.2 Å². The molecule has 1 N–H and O–H groups in total. The van der Waals surface area contributed by atoms with E-state index in [0.717, 1.165) is 22.8 Å². The lowest BCUT2D eigenvalue weighted by molar-refractivity contribution is 0.394. The van der Waals surface area contributed by atoms with Crippen molar-refractivity contribution >= 4 is 5.52 Å². The molecule has 3 heterocycles. The zero-order valence-electron chi connectivity index (χ0n) is 13.8. The van der Waals surface area contributed by atoms with Crippen LogP contribution < -0.4 is 5.32 Å². The molecule has 0 atom stereocenters. The standard InChI is InChI=1S/C10H9N5.C7H15N/c1-14-6-8(4-13-14)10-7-15-9(5-11-10)2-3-12-15;1-8-7-5-3-2-4-6-7/h2-7H,1H3;7-8H,2-6H2,1H3. The molecule has 6 heteroatoms. The van der Waals surface area contributed by atoms with Crippen molar-refractivity contribution in [2.75, 3.05) is 7.05 Å². The lowest BCUT2D eigenvalue weighted by atomic mass is 9.96. The highest BCUT2D eigenvalue weighted by atomic mass is 15.2. The van der Waals surface area contributed by atoms with Crippen LogP contribution in [0.15, 0.2) is 37.1 Å². The fourth-order valence-electron chi connectivity index (χ4n) is 2.91. The maximum Gasteiger partial charge on any atom is 0.0917 e. The summed E-state index contributed by atoms with van der Waals surface area (Å²) in [5.74, 6) is 0. The van der Waals surface area contributed by atoms with Gasteiger partial charge in [0.2, 0.25) is 0 Å². The molecule has 23 heavy (non-hydrogen) atoms. The molecular weight excluding hydrogens is 288 g/mol. The average molecular weight is 312 g/mol. The van der Waals surface area contributed by atoms with Gasteiger partial charge in [0.1, 0.15) is 0 Å². The van der Waals surface area contributed by atoms with E-state index in [1.54, 1.807) is 27.8 Å². The van der Waals surface area contributed by atoms with Gasteiger partial charge >= 0.3 is 0 Å². The van der Waals surface area contributed by atoms with E-state index in [-0.39, 0.29) is 0 Å². The van der Waals surface area contributed by atoms with Crippen LogP contribution in [0.3, 0.4) is 0 Å². The molecule has 4 rings (SSSR count). The highest BCUT2D eigenvalue weighted by Gasteiger charge is 2.09. The van der Waals surface area contributed by atoms with Crippen molar-refractivity contribution in [2.24, 2.45) is 7.05 Å². The van der Waals surface area contributed by atoms with E-state index < -0.39 is 0 Å². The summed E-state index contributed by atoms with van der Waals surface area (Å²) in [5, 5.41) is 11.6. The van der Waals surface area contributed by atoms with Gasteiger partial charge in [0.05, 0.1) is 36.0 Å². The molecule has 0 aromatic carbocycles. The number of hydrogen-bond donors (Lipinski definition) is 1. The first-order valence-electron chi connectivity index (χ1n) is 8.22. The molecule has 3 aromatic heterocycles. The normalized spacial score (nSPS) is 15.4. The number of fused-ring (bicyclic) bond motifs is 1. The number of rotatable bonds is 2. The van der Waals surface area contributed by atoms with Gasteiger partial charge in [-0.1, -0.05) is 19.3 Å². The van der Waals surface area contributed by atoms with Crippen molar-refractivity contribution in [1.29, 1.82) is 0 Å². The van der Waals surface area contributed by atoms with Gasteiger partial charge in [0.25, 0.3) is 0 Å². The minimum atomic E-state index is 0.837. The maximum absolute atomic E-state index is 4.35. The maximum atomic E-state index is 4.35. The number of hydrogen-bond acceptors (Lipinski definition) is 4. The van der Waals surface area contributed by atoms with Crippen LogP contribution in [0, 0.1) is 0 Å². The Morgan fingerprint density at radius 3 is 2.57 bits per heavy atom. The lowest BCUT2D eigenvalue weighted by Crippen LogP contribution is -2.26. The van der Waals surface area contributed by atoms with Crippen LogP contribution in [0.2, 0.25) is 0 Å². The minimum Gasteiger partial charge on any atom is -0.317 e. The van der Waals surface area contributed by atoms with Crippen molar-refractivity contribution < 1.29 is 0 Å². The van der Waals surface area contributed by atoms with E-state index >= 15 is 0 Å². The second kappa shape index (κ2) is 7.37. The number of aromatic nitrogens is 5. The Morgan fingerprint density at radius 1 is 1.09 bits per heavy atom. The molecular formula is C17H24N6. The number of aryl methyl sites for hydroxylation is 1. The van der Waals surface area contributed by atoms with E-state index in [9.17, 15) is 0 Å². The summed E-state index contributed by atoms with van der Waals surface area (Å²) in [4.78, 5) is 4.35. The monoisotopic (exact) mass is 312 g/mol. The molecule has 1 saturated carbocycles. The van der Waals surface area contributed by atoms with Crippen LogP contribution in [-0.2, 0) is 7.05 Å². The predicted octanol–water partition coefficient (Wildman–Crippen LogP) is 2.67. The molecule has 0 spiro atoms. The van der Waals surface area contributed by atoms with Gasteiger partial charge in [-0.05, 0) is 26.0 Å². The summed E-state index contributed by atoms with van der Waals surface area (Å²) in [6.45, 7) is 0. The Balaban J connectivity index is 0.000000166. The highest BCUT2D eigenvalue weighted by Crippen LogP contribution is 2.16. The average Bonchev–Trinajstić information content (AvgIpc) is 3.24. The van der Waals surface area contributed by atoms with Gasteiger partial charge < -0.3 is 5.32 Å². The lowest BCUT2D eigenvalue weighted by Gasteiger charge is -2.20. The second-order valence-corrected chi connectivity index (χ2v) is 6.00. The molecule has 0 radical (unpaired) electrons. The Morgan fingerprint density at radius 2 is 1.91 bits per heavy atom. The molecule has 1 aliphatic carbocycles. The molecule has 0 bridgehead atoms. The van der Waals surface area contributed by atoms with Gasteiger partial charge in [-0.25, -0.2) is 4.52 Å². The Hall–Kier alpha value is -2.21. The van der Waals surface area contributed by atoms with Crippen LogP contribution >= 0.6 is 0 Å². The van der Waals surface area contributed by atoms with Crippen molar-refractivity contribution in [3.8, 4) is 11.3 Å². The first-order valence-corrected chi connectivity index (χ1v) is 8.22. The third kappa shape index (κ3) is 3.96. The minimum absolute atomic E-state index is 0.837. The molecule has 3 aromatic rings. The van der Waals surface area contributed by atoms with Crippen molar-refractivity contribution in [1.82, 2.24) is 29.7 Å². The third-order valence-corrected chi connectivity index (χ3v) is 4.30. The zero-order valence-corrected chi connectivity index (χ0v) is 13.8. The van der Waals surface area contributed by atoms with E-state index in [1.807, 2.05) is 25.5 Å². The first-order chi connectivity index (χ1) is 11.3. The summed E-state index contributed by atoms with van der Waals surface area (Å²) < 4.78 is 3.56. The predicted molar refractivity (Wildman–Crippen MR) is 91.1 cm³/mol. The highest BCUT2D eigenvalue weighted by molar-refractivity contribution is 5.58. The van der Waals surface area contributed by atoms with E-state index in [2.05, 4.69) is 27.5 Å². The van der Waals surface area contributed by atoms with Crippen LogP contribution in [0.1, 0.15) is 32.1 Å². The summed E-state index contributed by atoms with van der Waals surface area (Å²) >= 11 is 0.